The third kappa shape index (κ3) is 4.50. The lowest BCUT2D eigenvalue weighted by molar-refractivity contribution is -0.125. The van der Waals surface area contributed by atoms with E-state index in [0.717, 1.165) is 15.9 Å². The van der Waals surface area contributed by atoms with E-state index in [1.807, 2.05) is 31.2 Å². The van der Waals surface area contributed by atoms with Gasteiger partial charge >= 0.3 is 5.69 Å². The van der Waals surface area contributed by atoms with E-state index in [9.17, 15) is 14.4 Å². The van der Waals surface area contributed by atoms with Crippen LogP contribution in [-0.4, -0.2) is 40.1 Å². The van der Waals surface area contributed by atoms with E-state index in [-0.39, 0.29) is 11.5 Å². The van der Waals surface area contributed by atoms with Gasteiger partial charge < -0.3 is 14.2 Å². The van der Waals surface area contributed by atoms with E-state index < -0.39 is 11.2 Å². The number of hydrogen-bond acceptors (Lipinski definition) is 4. The molecule has 0 aliphatic heterocycles. The van der Waals surface area contributed by atoms with Crippen LogP contribution >= 0.6 is 0 Å². The van der Waals surface area contributed by atoms with Gasteiger partial charge in [-0.05, 0) is 24.6 Å². The zero-order chi connectivity index (χ0) is 19.3. The molecule has 0 unspecified atom stereocenters. The Hall–Kier alpha value is -3.09. The molecule has 0 saturated carbocycles. The lowest BCUT2D eigenvalue weighted by atomic mass is 10.2. The summed E-state index contributed by atoms with van der Waals surface area (Å²) >= 11 is 0. The van der Waals surface area contributed by atoms with Crippen LogP contribution < -0.4 is 16.0 Å². The molecule has 0 saturated heterocycles. The average Bonchev–Trinajstić information content (AvgIpc) is 2.63. The number of rotatable bonds is 6. The number of nitrogens with zero attached hydrogens (tertiary/aromatic N) is 3. The molecule has 138 valence electrons. The van der Waals surface area contributed by atoms with Gasteiger partial charge in [0.25, 0.3) is 5.56 Å². The molecule has 1 aromatic heterocycles. The SMILES string of the molecule is Cc1ccccc1OCCN(C)C(=O)/C=C/c1cn(C)c(=O)n(C)c1=O. The first kappa shape index (κ1) is 19.2. The van der Waals surface area contributed by atoms with Gasteiger partial charge in [-0.25, -0.2) is 4.79 Å². The van der Waals surface area contributed by atoms with E-state index in [1.54, 1.807) is 14.1 Å². The Bertz CT molecular complexity index is 941. The molecule has 0 aliphatic rings. The number of carbonyl (C=O) groups is 1. The van der Waals surface area contributed by atoms with Crippen molar-refractivity contribution in [3.63, 3.8) is 0 Å². The molecule has 2 aromatic rings. The Morgan fingerprint density at radius 3 is 2.62 bits per heavy atom. The standard InChI is InChI=1S/C19H23N3O4/c1-14-7-5-6-8-16(14)26-12-11-20(2)17(23)10-9-15-13-21(3)19(25)22(4)18(15)24/h5-10,13H,11-12H2,1-4H3/b10-9+. The van der Waals surface area contributed by atoms with Crippen LogP contribution in [0.5, 0.6) is 5.75 Å². The molecule has 2 rings (SSSR count). The lowest BCUT2D eigenvalue weighted by Crippen LogP contribution is -2.37. The molecule has 0 radical (unpaired) electrons. The summed E-state index contributed by atoms with van der Waals surface area (Å²) in [5.74, 6) is 0.534. The first-order chi connectivity index (χ1) is 12.3. The van der Waals surface area contributed by atoms with Gasteiger partial charge in [-0.15, -0.1) is 0 Å². The average molecular weight is 357 g/mol. The van der Waals surface area contributed by atoms with Gasteiger partial charge in [0.05, 0.1) is 12.1 Å². The second kappa shape index (κ2) is 8.33. The highest BCUT2D eigenvalue weighted by Crippen LogP contribution is 2.15. The van der Waals surface area contributed by atoms with Crippen LogP contribution in [0.3, 0.4) is 0 Å². The number of carbonyl (C=O) groups excluding carboxylic acids is 1. The minimum absolute atomic E-state index is 0.255. The van der Waals surface area contributed by atoms with Crippen molar-refractivity contribution >= 4 is 12.0 Å². The molecule has 1 heterocycles. The van der Waals surface area contributed by atoms with Crippen LogP contribution in [0.25, 0.3) is 6.08 Å². The molecule has 1 amide bonds. The van der Waals surface area contributed by atoms with Crippen LogP contribution in [0, 0.1) is 6.92 Å². The Labute approximate surface area is 151 Å². The number of para-hydroxylation sites is 1. The van der Waals surface area contributed by atoms with Crippen LogP contribution in [0.15, 0.2) is 46.1 Å². The van der Waals surface area contributed by atoms with Crippen LogP contribution in [-0.2, 0) is 18.9 Å². The van der Waals surface area contributed by atoms with Crippen molar-refractivity contribution in [2.45, 2.75) is 6.92 Å². The zero-order valence-electron chi connectivity index (χ0n) is 15.4. The van der Waals surface area contributed by atoms with Crippen molar-refractivity contribution < 1.29 is 9.53 Å². The molecule has 0 bridgehead atoms. The molecule has 1 aromatic carbocycles. The topological polar surface area (TPSA) is 73.5 Å². The summed E-state index contributed by atoms with van der Waals surface area (Å²) in [5, 5.41) is 0. The van der Waals surface area contributed by atoms with Crippen molar-refractivity contribution in [1.82, 2.24) is 14.0 Å². The maximum Gasteiger partial charge on any atom is 0.330 e. The van der Waals surface area contributed by atoms with Gasteiger partial charge in [-0.3, -0.25) is 14.2 Å². The smallest absolute Gasteiger partial charge is 0.330 e. The summed E-state index contributed by atoms with van der Waals surface area (Å²) in [6.07, 6.45) is 4.15. The first-order valence-electron chi connectivity index (χ1n) is 8.19. The van der Waals surface area contributed by atoms with E-state index in [2.05, 4.69) is 0 Å². The van der Waals surface area contributed by atoms with Gasteiger partial charge in [0.2, 0.25) is 5.91 Å². The Morgan fingerprint density at radius 1 is 1.23 bits per heavy atom. The van der Waals surface area contributed by atoms with Crippen LogP contribution in [0.2, 0.25) is 0 Å². The highest BCUT2D eigenvalue weighted by atomic mass is 16.5. The van der Waals surface area contributed by atoms with Crippen molar-refractivity contribution in [3.8, 4) is 5.75 Å². The molecule has 0 atom stereocenters. The quantitative estimate of drug-likeness (QED) is 0.722. The zero-order valence-corrected chi connectivity index (χ0v) is 15.4. The first-order valence-corrected chi connectivity index (χ1v) is 8.19. The minimum Gasteiger partial charge on any atom is -0.491 e. The third-order valence-corrected chi connectivity index (χ3v) is 4.03. The highest BCUT2D eigenvalue weighted by Gasteiger charge is 2.08. The second-order valence-corrected chi connectivity index (χ2v) is 6.05. The molecular formula is C19H23N3O4. The van der Waals surface area contributed by atoms with Gasteiger partial charge in [0.1, 0.15) is 12.4 Å². The molecule has 7 nitrogen and oxygen atoms in total. The Morgan fingerprint density at radius 2 is 1.92 bits per heavy atom. The maximum absolute atomic E-state index is 12.2. The molecule has 0 fully saturated rings. The summed E-state index contributed by atoms with van der Waals surface area (Å²) in [5.41, 5.74) is 0.450. The molecule has 26 heavy (non-hydrogen) atoms. The molecule has 7 heteroatoms. The summed E-state index contributed by atoms with van der Waals surface area (Å²) < 4.78 is 7.98. The maximum atomic E-state index is 12.2. The molecular weight excluding hydrogens is 334 g/mol. The fraction of sp³-hybridized carbons (Fsp3) is 0.316. The normalized spacial score (nSPS) is 10.9. The van der Waals surface area contributed by atoms with E-state index in [1.165, 1.54) is 34.9 Å². The number of hydrogen-bond donors (Lipinski definition) is 0. The number of aryl methyl sites for hydroxylation is 2. The van der Waals surface area contributed by atoms with Crippen LogP contribution in [0.4, 0.5) is 0 Å². The predicted octanol–water partition coefficient (Wildman–Crippen LogP) is 0.943. The second-order valence-electron chi connectivity index (χ2n) is 6.05. The third-order valence-electron chi connectivity index (χ3n) is 4.03. The fourth-order valence-electron chi connectivity index (χ4n) is 2.36. The number of benzene rings is 1. The van der Waals surface area contributed by atoms with Crippen LogP contribution in [0.1, 0.15) is 11.1 Å². The van der Waals surface area contributed by atoms with Crippen molar-refractivity contribution in [2.75, 3.05) is 20.2 Å². The predicted molar refractivity (Wildman–Crippen MR) is 100 cm³/mol. The summed E-state index contributed by atoms with van der Waals surface area (Å²) in [6.45, 7) is 2.73. The van der Waals surface area contributed by atoms with Crippen molar-refractivity contribution in [3.05, 3.63) is 68.5 Å². The van der Waals surface area contributed by atoms with Crippen molar-refractivity contribution in [2.24, 2.45) is 14.1 Å². The van der Waals surface area contributed by atoms with E-state index >= 15 is 0 Å². The lowest BCUT2D eigenvalue weighted by Gasteiger charge is -2.16. The number of ether oxygens (including phenoxy) is 1. The fourth-order valence-corrected chi connectivity index (χ4v) is 2.36. The molecule has 0 N–H and O–H groups in total. The van der Waals surface area contributed by atoms with Gasteiger partial charge in [-0.1, -0.05) is 18.2 Å². The Balaban J connectivity index is 1.97. The van der Waals surface area contributed by atoms with E-state index in [0.29, 0.717) is 13.2 Å². The molecule has 0 spiro atoms. The van der Waals surface area contributed by atoms with E-state index in [4.69, 9.17) is 4.74 Å². The number of amides is 1. The minimum atomic E-state index is -0.442. The highest BCUT2D eigenvalue weighted by molar-refractivity contribution is 5.91. The summed E-state index contributed by atoms with van der Waals surface area (Å²) in [7, 11) is 4.61. The molecule has 0 aliphatic carbocycles. The monoisotopic (exact) mass is 357 g/mol. The largest absolute Gasteiger partial charge is 0.491 e. The van der Waals surface area contributed by atoms with Gasteiger partial charge in [-0.2, -0.15) is 0 Å². The Kier molecular flexibility index (Phi) is 6.16. The van der Waals surface area contributed by atoms with Gasteiger partial charge in [0.15, 0.2) is 0 Å². The summed E-state index contributed by atoms with van der Waals surface area (Å²) in [6, 6.07) is 7.67. The number of aromatic nitrogens is 2. The van der Waals surface area contributed by atoms with Gasteiger partial charge in [0, 0.05) is 33.4 Å². The number of likely N-dealkylation sites (N-methyl/N-ethyl adjacent to an activating group) is 1. The summed E-state index contributed by atoms with van der Waals surface area (Å²) in [4.78, 5) is 37.4. The van der Waals surface area contributed by atoms with Crippen molar-refractivity contribution in [1.29, 1.82) is 0 Å².